The monoisotopic (exact) mass is 291 g/mol. The van der Waals surface area contributed by atoms with Crippen LogP contribution in [-0.2, 0) is 9.84 Å². The second-order valence-electron chi connectivity index (χ2n) is 6.49. The van der Waals surface area contributed by atoms with Crippen LogP contribution in [0.1, 0.15) is 60.3 Å². The van der Waals surface area contributed by atoms with Gasteiger partial charge in [0.1, 0.15) is 9.84 Å². The van der Waals surface area contributed by atoms with Crippen LogP contribution in [0.4, 0.5) is 0 Å². The van der Waals surface area contributed by atoms with E-state index in [1.54, 1.807) is 0 Å². The van der Waals surface area contributed by atoms with Gasteiger partial charge in [0.2, 0.25) is 0 Å². The molecule has 116 valence electrons. The summed E-state index contributed by atoms with van der Waals surface area (Å²) in [6.45, 7) is 12.6. The van der Waals surface area contributed by atoms with Crippen LogP contribution in [0, 0.1) is 11.3 Å². The van der Waals surface area contributed by atoms with E-state index >= 15 is 0 Å². The number of sulfone groups is 1. The second kappa shape index (κ2) is 8.96. The molecule has 0 aliphatic heterocycles. The fraction of sp³-hybridized carbons (Fsp3) is 1.00. The molecule has 0 saturated carbocycles. The van der Waals surface area contributed by atoms with Gasteiger partial charge in [0, 0.05) is 12.3 Å². The summed E-state index contributed by atoms with van der Waals surface area (Å²) in [6, 6.07) is 0. The number of rotatable bonds is 11. The van der Waals surface area contributed by atoms with Crippen molar-refractivity contribution in [2.24, 2.45) is 11.3 Å². The summed E-state index contributed by atoms with van der Waals surface area (Å²) in [4.78, 5) is 0. The first-order chi connectivity index (χ1) is 8.74. The number of nitrogens with one attached hydrogen (secondary N) is 1. The molecule has 0 aromatic heterocycles. The highest BCUT2D eigenvalue weighted by molar-refractivity contribution is 7.91. The summed E-state index contributed by atoms with van der Waals surface area (Å²) in [5, 5.41) is 3.48. The van der Waals surface area contributed by atoms with Crippen molar-refractivity contribution in [1.82, 2.24) is 5.32 Å². The van der Waals surface area contributed by atoms with Crippen LogP contribution in [0.3, 0.4) is 0 Å². The Morgan fingerprint density at radius 1 is 1.05 bits per heavy atom. The summed E-state index contributed by atoms with van der Waals surface area (Å²) in [5.74, 6) is 1.30. The molecular formula is C15H33NO2S. The van der Waals surface area contributed by atoms with Crippen molar-refractivity contribution in [3.05, 3.63) is 0 Å². The predicted octanol–water partition coefficient (Wildman–Crippen LogP) is 3.25. The van der Waals surface area contributed by atoms with Crippen LogP contribution in [0.15, 0.2) is 0 Å². The van der Waals surface area contributed by atoms with E-state index in [1.165, 1.54) is 0 Å². The van der Waals surface area contributed by atoms with Crippen molar-refractivity contribution < 1.29 is 8.42 Å². The number of hydrogen-bond acceptors (Lipinski definition) is 3. The van der Waals surface area contributed by atoms with E-state index in [2.05, 4.69) is 33.0 Å². The van der Waals surface area contributed by atoms with Crippen molar-refractivity contribution in [2.75, 3.05) is 24.6 Å². The smallest absolute Gasteiger partial charge is 0.150 e. The second-order valence-corrected chi connectivity index (χ2v) is 8.79. The quantitative estimate of drug-likeness (QED) is 0.635. The molecule has 1 unspecified atom stereocenters. The highest BCUT2D eigenvalue weighted by Crippen LogP contribution is 2.27. The third kappa shape index (κ3) is 9.44. The summed E-state index contributed by atoms with van der Waals surface area (Å²) in [5.41, 5.74) is 0.102. The maximum Gasteiger partial charge on any atom is 0.150 e. The highest BCUT2D eigenvalue weighted by atomic mass is 32.2. The van der Waals surface area contributed by atoms with Crippen LogP contribution >= 0.6 is 0 Å². The van der Waals surface area contributed by atoms with Crippen molar-refractivity contribution in [2.45, 2.75) is 60.3 Å². The maximum atomic E-state index is 11.8. The first kappa shape index (κ1) is 18.9. The molecule has 0 aromatic carbocycles. The average molecular weight is 292 g/mol. The Hall–Kier alpha value is -0.0900. The summed E-state index contributed by atoms with van der Waals surface area (Å²) >= 11 is 0. The van der Waals surface area contributed by atoms with E-state index in [1.807, 2.05) is 6.92 Å². The molecule has 0 aromatic rings. The third-order valence-electron chi connectivity index (χ3n) is 3.49. The molecule has 0 heterocycles. The minimum atomic E-state index is -2.85. The first-order valence-corrected chi connectivity index (χ1v) is 9.48. The van der Waals surface area contributed by atoms with Gasteiger partial charge < -0.3 is 5.32 Å². The van der Waals surface area contributed by atoms with Gasteiger partial charge in [-0.2, -0.15) is 0 Å². The molecule has 0 aliphatic carbocycles. The van der Waals surface area contributed by atoms with Crippen LogP contribution < -0.4 is 5.32 Å². The zero-order valence-corrected chi connectivity index (χ0v) is 14.3. The molecule has 3 nitrogen and oxygen atoms in total. The Morgan fingerprint density at radius 3 is 2.16 bits per heavy atom. The zero-order valence-electron chi connectivity index (χ0n) is 13.5. The zero-order chi connectivity index (χ0) is 14.9. The van der Waals surface area contributed by atoms with Crippen molar-refractivity contribution in [3.63, 3.8) is 0 Å². The SMILES string of the molecule is CCCC(C)(CCS(=O)(=O)CCC)CNCC(C)C. The van der Waals surface area contributed by atoms with E-state index in [-0.39, 0.29) is 5.41 Å². The Labute approximate surface area is 120 Å². The Balaban J connectivity index is 4.36. The molecule has 0 fully saturated rings. The van der Waals surface area contributed by atoms with E-state index in [4.69, 9.17) is 0 Å². The molecule has 0 aliphatic rings. The van der Waals surface area contributed by atoms with Gasteiger partial charge in [0.05, 0.1) is 5.75 Å². The molecule has 0 radical (unpaired) electrons. The van der Waals surface area contributed by atoms with Gasteiger partial charge in [0.25, 0.3) is 0 Å². The Kier molecular flexibility index (Phi) is 8.92. The topological polar surface area (TPSA) is 46.2 Å². The van der Waals surface area contributed by atoms with Gasteiger partial charge in [-0.15, -0.1) is 0 Å². The standard InChI is InChI=1S/C15H33NO2S/c1-6-8-15(5,13-16-12-14(3)4)9-11-19(17,18)10-7-2/h14,16H,6-13H2,1-5H3. The van der Waals surface area contributed by atoms with Gasteiger partial charge in [-0.25, -0.2) is 8.42 Å². The molecule has 4 heteroatoms. The van der Waals surface area contributed by atoms with E-state index < -0.39 is 9.84 Å². The maximum absolute atomic E-state index is 11.8. The molecule has 1 N–H and O–H groups in total. The highest BCUT2D eigenvalue weighted by Gasteiger charge is 2.25. The first-order valence-electron chi connectivity index (χ1n) is 7.66. The molecule has 0 spiro atoms. The molecule has 0 amide bonds. The van der Waals surface area contributed by atoms with Crippen LogP contribution in [0.25, 0.3) is 0 Å². The molecule has 0 rings (SSSR count). The van der Waals surface area contributed by atoms with Gasteiger partial charge in [-0.1, -0.05) is 41.0 Å². The van der Waals surface area contributed by atoms with Gasteiger partial charge in [0.15, 0.2) is 0 Å². The summed E-state index contributed by atoms with van der Waals surface area (Å²) in [7, 11) is -2.85. The molecule has 19 heavy (non-hydrogen) atoms. The van der Waals surface area contributed by atoms with Crippen molar-refractivity contribution >= 4 is 9.84 Å². The predicted molar refractivity (Wildman–Crippen MR) is 84.3 cm³/mol. The van der Waals surface area contributed by atoms with Crippen LogP contribution in [0.2, 0.25) is 0 Å². The van der Waals surface area contributed by atoms with Crippen LogP contribution in [-0.4, -0.2) is 33.0 Å². The minimum Gasteiger partial charge on any atom is -0.316 e. The lowest BCUT2D eigenvalue weighted by molar-refractivity contribution is 0.263. The summed E-state index contributed by atoms with van der Waals surface area (Å²) < 4.78 is 23.7. The largest absolute Gasteiger partial charge is 0.316 e. The Bertz CT molecular complexity index is 325. The lowest BCUT2D eigenvalue weighted by atomic mass is 9.83. The summed E-state index contributed by atoms with van der Waals surface area (Å²) in [6.07, 6.45) is 3.68. The minimum absolute atomic E-state index is 0.102. The third-order valence-corrected chi connectivity index (χ3v) is 5.35. The van der Waals surface area contributed by atoms with E-state index in [0.29, 0.717) is 17.4 Å². The normalized spacial score (nSPS) is 15.7. The molecule has 0 bridgehead atoms. The average Bonchev–Trinajstić information content (AvgIpc) is 2.27. The van der Waals surface area contributed by atoms with Gasteiger partial charge in [-0.05, 0) is 37.1 Å². The van der Waals surface area contributed by atoms with Gasteiger partial charge >= 0.3 is 0 Å². The van der Waals surface area contributed by atoms with Crippen LogP contribution in [0.5, 0.6) is 0 Å². The molecule has 1 atom stereocenters. The van der Waals surface area contributed by atoms with Crippen molar-refractivity contribution in [3.8, 4) is 0 Å². The fourth-order valence-electron chi connectivity index (χ4n) is 2.38. The number of hydrogen-bond donors (Lipinski definition) is 1. The van der Waals surface area contributed by atoms with Crippen molar-refractivity contribution in [1.29, 1.82) is 0 Å². The molecular weight excluding hydrogens is 258 g/mol. The lowest BCUT2D eigenvalue weighted by Gasteiger charge is -2.30. The fourth-order valence-corrected chi connectivity index (χ4v) is 4.01. The van der Waals surface area contributed by atoms with E-state index in [9.17, 15) is 8.42 Å². The van der Waals surface area contributed by atoms with E-state index in [0.717, 1.165) is 38.8 Å². The molecule has 0 saturated heterocycles. The van der Waals surface area contributed by atoms with Gasteiger partial charge in [-0.3, -0.25) is 0 Å². The Morgan fingerprint density at radius 2 is 1.68 bits per heavy atom. The lowest BCUT2D eigenvalue weighted by Crippen LogP contribution is -2.35.